The number of nitrogens with zero attached hydrogens (tertiary/aromatic N) is 1. The van der Waals surface area contributed by atoms with E-state index in [0.29, 0.717) is 18.4 Å². The second-order valence-corrected chi connectivity index (χ2v) is 6.61. The monoisotopic (exact) mass is 264 g/mol. The quantitative estimate of drug-likeness (QED) is 0.783. The van der Waals surface area contributed by atoms with Crippen molar-refractivity contribution in [1.82, 2.24) is 10.2 Å². The summed E-state index contributed by atoms with van der Waals surface area (Å²) in [5.74, 6) is 0.396. The molecular formula is C15H24N2O2. The molecule has 2 aliphatic heterocycles. The summed E-state index contributed by atoms with van der Waals surface area (Å²) in [4.78, 5) is 25.7. The van der Waals surface area contributed by atoms with Crippen LogP contribution in [0.4, 0.5) is 0 Å². The number of piperidine rings is 1. The van der Waals surface area contributed by atoms with Gasteiger partial charge >= 0.3 is 0 Å². The summed E-state index contributed by atoms with van der Waals surface area (Å²) in [6, 6.07) is 0. The summed E-state index contributed by atoms with van der Waals surface area (Å²) in [5, 5.41) is 2.82. The number of likely N-dealkylation sites (tertiary alicyclic amines) is 1. The molecule has 4 nitrogen and oxygen atoms in total. The van der Waals surface area contributed by atoms with E-state index in [0.717, 1.165) is 19.5 Å². The fourth-order valence-electron chi connectivity index (χ4n) is 4.03. The van der Waals surface area contributed by atoms with Crippen LogP contribution in [0.3, 0.4) is 0 Å². The van der Waals surface area contributed by atoms with Crippen molar-refractivity contribution in [1.29, 1.82) is 0 Å². The molecule has 1 saturated carbocycles. The van der Waals surface area contributed by atoms with Gasteiger partial charge in [0.25, 0.3) is 0 Å². The van der Waals surface area contributed by atoms with Crippen molar-refractivity contribution in [3.05, 3.63) is 0 Å². The summed E-state index contributed by atoms with van der Waals surface area (Å²) in [7, 11) is 0. The Labute approximate surface area is 114 Å². The predicted molar refractivity (Wildman–Crippen MR) is 72.4 cm³/mol. The lowest BCUT2D eigenvalue weighted by Gasteiger charge is -2.34. The molecule has 0 bridgehead atoms. The van der Waals surface area contributed by atoms with E-state index in [1.165, 1.54) is 38.5 Å². The minimum Gasteiger partial charge on any atom is -0.355 e. The highest BCUT2D eigenvalue weighted by Gasteiger charge is 2.42. The van der Waals surface area contributed by atoms with E-state index in [9.17, 15) is 9.59 Å². The minimum atomic E-state index is 0.0245. The van der Waals surface area contributed by atoms with E-state index < -0.39 is 0 Å². The largest absolute Gasteiger partial charge is 0.355 e. The van der Waals surface area contributed by atoms with Gasteiger partial charge in [0.2, 0.25) is 11.8 Å². The Hall–Kier alpha value is -1.06. The molecule has 106 valence electrons. The van der Waals surface area contributed by atoms with E-state index in [-0.39, 0.29) is 17.7 Å². The van der Waals surface area contributed by atoms with Crippen LogP contribution in [0, 0.1) is 11.3 Å². The zero-order chi connectivity index (χ0) is 13.3. The van der Waals surface area contributed by atoms with Gasteiger partial charge in [0.1, 0.15) is 0 Å². The fraction of sp³-hybridized carbons (Fsp3) is 0.867. The highest BCUT2D eigenvalue weighted by molar-refractivity contribution is 5.84. The Kier molecular flexibility index (Phi) is 3.50. The molecule has 1 spiro atoms. The van der Waals surface area contributed by atoms with Crippen LogP contribution in [0.1, 0.15) is 51.4 Å². The predicted octanol–water partition coefficient (Wildman–Crippen LogP) is 1.70. The van der Waals surface area contributed by atoms with Crippen LogP contribution in [-0.4, -0.2) is 36.3 Å². The van der Waals surface area contributed by atoms with Crippen LogP contribution in [0.15, 0.2) is 0 Å². The number of hydrogen-bond donors (Lipinski definition) is 1. The van der Waals surface area contributed by atoms with Crippen molar-refractivity contribution in [2.24, 2.45) is 11.3 Å². The lowest BCUT2D eigenvalue weighted by molar-refractivity contribution is -0.137. The molecule has 0 aromatic rings. The lowest BCUT2D eigenvalue weighted by Crippen LogP contribution is -2.44. The van der Waals surface area contributed by atoms with E-state index in [4.69, 9.17) is 0 Å². The van der Waals surface area contributed by atoms with E-state index in [2.05, 4.69) is 10.2 Å². The summed E-state index contributed by atoms with van der Waals surface area (Å²) >= 11 is 0. The van der Waals surface area contributed by atoms with Crippen molar-refractivity contribution in [3.63, 3.8) is 0 Å². The van der Waals surface area contributed by atoms with Gasteiger partial charge in [-0.05, 0) is 31.1 Å². The molecule has 0 radical (unpaired) electrons. The smallest absolute Gasteiger partial charge is 0.227 e. The first-order valence-corrected chi connectivity index (χ1v) is 7.74. The third-order valence-corrected chi connectivity index (χ3v) is 5.28. The number of carbonyl (C=O) groups is 2. The minimum absolute atomic E-state index is 0.0245. The number of nitrogens with one attached hydrogen (secondary N) is 1. The van der Waals surface area contributed by atoms with Gasteiger partial charge in [-0.25, -0.2) is 0 Å². The Morgan fingerprint density at radius 3 is 2.68 bits per heavy atom. The first-order valence-electron chi connectivity index (χ1n) is 7.74. The SMILES string of the molecule is O=C1CCC(C(=O)N2CCC3(CCCCC3)C2)CN1. The molecule has 3 rings (SSSR count). The third kappa shape index (κ3) is 2.63. The molecule has 19 heavy (non-hydrogen) atoms. The van der Waals surface area contributed by atoms with Crippen molar-refractivity contribution in [2.75, 3.05) is 19.6 Å². The van der Waals surface area contributed by atoms with Crippen molar-refractivity contribution < 1.29 is 9.59 Å². The highest BCUT2D eigenvalue weighted by atomic mass is 16.2. The molecule has 3 fully saturated rings. The second kappa shape index (κ2) is 5.14. The van der Waals surface area contributed by atoms with Crippen LogP contribution in [0.2, 0.25) is 0 Å². The number of amides is 2. The van der Waals surface area contributed by atoms with Crippen LogP contribution in [0.25, 0.3) is 0 Å². The molecular weight excluding hydrogens is 240 g/mol. The Bertz CT molecular complexity index is 364. The highest BCUT2D eigenvalue weighted by Crippen LogP contribution is 2.44. The molecule has 3 aliphatic rings. The summed E-state index contributed by atoms with van der Waals surface area (Å²) < 4.78 is 0. The van der Waals surface area contributed by atoms with Gasteiger partial charge in [-0.2, -0.15) is 0 Å². The lowest BCUT2D eigenvalue weighted by atomic mass is 9.73. The standard InChI is InChI=1S/C15H24N2O2/c18-13-5-4-12(10-16-13)14(19)17-9-8-15(11-17)6-2-1-3-7-15/h12H,1-11H2,(H,16,18). The Morgan fingerprint density at radius 1 is 1.21 bits per heavy atom. The second-order valence-electron chi connectivity index (χ2n) is 6.61. The molecule has 1 aliphatic carbocycles. The average molecular weight is 264 g/mol. The number of rotatable bonds is 1. The van der Waals surface area contributed by atoms with Gasteiger partial charge in [-0.15, -0.1) is 0 Å². The van der Waals surface area contributed by atoms with Gasteiger partial charge in [-0.3, -0.25) is 9.59 Å². The van der Waals surface area contributed by atoms with Gasteiger partial charge in [0, 0.05) is 26.1 Å². The molecule has 0 aromatic heterocycles. The summed E-state index contributed by atoms with van der Waals surface area (Å²) in [5.41, 5.74) is 0.436. The topological polar surface area (TPSA) is 49.4 Å². The maximum Gasteiger partial charge on any atom is 0.227 e. The molecule has 1 atom stereocenters. The van der Waals surface area contributed by atoms with Gasteiger partial charge in [0.15, 0.2) is 0 Å². The number of hydrogen-bond acceptors (Lipinski definition) is 2. The molecule has 2 heterocycles. The van der Waals surface area contributed by atoms with Crippen molar-refractivity contribution >= 4 is 11.8 Å². The molecule has 4 heteroatoms. The van der Waals surface area contributed by atoms with Gasteiger partial charge < -0.3 is 10.2 Å². The van der Waals surface area contributed by atoms with E-state index in [1.807, 2.05) is 0 Å². The zero-order valence-electron chi connectivity index (χ0n) is 11.6. The maximum absolute atomic E-state index is 12.5. The van der Waals surface area contributed by atoms with Crippen LogP contribution in [0.5, 0.6) is 0 Å². The Morgan fingerprint density at radius 2 is 2.00 bits per heavy atom. The maximum atomic E-state index is 12.5. The summed E-state index contributed by atoms with van der Waals surface area (Å²) in [6.45, 7) is 2.45. The Balaban J connectivity index is 1.58. The van der Waals surface area contributed by atoms with Gasteiger partial charge in [-0.1, -0.05) is 19.3 Å². The number of carbonyl (C=O) groups excluding carboxylic acids is 2. The van der Waals surface area contributed by atoms with Crippen LogP contribution in [-0.2, 0) is 9.59 Å². The average Bonchev–Trinajstić information content (AvgIpc) is 2.83. The molecule has 1 unspecified atom stereocenters. The normalized spacial score (nSPS) is 30.4. The molecule has 0 aromatic carbocycles. The molecule has 1 N–H and O–H groups in total. The summed E-state index contributed by atoms with van der Waals surface area (Å²) in [6.07, 6.45) is 9.07. The molecule has 2 saturated heterocycles. The van der Waals surface area contributed by atoms with Crippen molar-refractivity contribution in [3.8, 4) is 0 Å². The third-order valence-electron chi connectivity index (χ3n) is 5.28. The van der Waals surface area contributed by atoms with Crippen molar-refractivity contribution in [2.45, 2.75) is 51.4 Å². The van der Waals surface area contributed by atoms with Gasteiger partial charge in [0.05, 0.1) is 5.92 Å². The van der Waals surface area contributed by atoms with Crippen LogP contribution < -0.4 is 5.32 Å². The van der Waals surface area contributed by atoms with Crippen LogP contribution >= 0.6 is 0 Å². The van der Waals surface area contributed by atoms with E-state index >= 15 is 0 Å². The van der Waals surface area contributed by atoms with E-state index in [1.54, 1.807) is 0 Å². The first-order chi connectivity index (χ1) is 9.19. The first kappa shape index (κ1) is 12.9. The molecule has 2 amide bonds. The fourth-order valence-corrected chi connectivity index (χ4v) is 4.03. The zero-order valence-corrected chi connectivity index (χ0v) is 11.6.